The van der Waals surface area contributed by atoms with E-state index in [1.54, 1.807) is 48.5 Å². The lowest BCUT2D eigenvalue weighted by atomic mass is 10.0. The Balaban J connectivity index is 2.27. The van der Waals surface area contributed by atoms with Crippen molar-refractivity contribution < 1.29 is 9.59 Å². The number of carbonyl (C=O) groups is 2. The second kappa shape index (κ2) is 6.51. The van der Waals surface area contributed by atoms with Crippen LogP contribution in [0.3, 0.4) is 0 Å². The minimum Gasteiger partial charge on any atom is -0.298 e. The molecule has 0 radical (unpaired) electrons. The van der Waals surface area contributed by atoms with Gasteiger partial charge in [-0.1, -0.05) is 53.5 Å². The highest BCUT2D eigenvalue weighted by Crippen LogP contribution is 2.22. The number of ketones is 1. The van der Waals surface area contributed by atoms with E-state index in [0.717, 1.165) is 0 Å². The van der Waals surface area contributed by atoms with Gasteiger partial charge in [0.05, 0.1) is 0 Å². The molecule has 0 saturated heterocycles. The molecule has 0 atom stereocenters. The summed E-state index contributed by atoms with van der Waals surface area (Å²) in [5.41, 5.74) is 1.42. The first kappa shape index (κ1) is 14.5. The predicted molar refractivity (Wildman–Crippen MR) is 81.7 cm³/mol. The van der Waals surface area contributed by atoms with Crippen LogP contribution in [0.25, 0.3) is 6.08 Å². The second-order valence-corrected chi connectivity index (χ2v) is 4.91. The van der Waals surface area contributed by atoms with Gasteiger partial charge in [-0.15, -0.1) is 0 Å². The molecule has 0 amide bonds. The molecule has 100 valence electrons. The number of hydrogen-bond donors (Lipinski definition) is 0. The van der Waals surface area contributed by atoms with Crippen molar-refractivity contribution in [2.24, 2.45) is 0 Å². The van der Waals surface area contributed by atoms with Gasteiger partial charge in [-0.25, -0.2) is 0 Å². The summed E-state index contributed by atoms with van der Waals surface area (Å²) in [6.45, 7) is 0. The molecular formula is C16H10Cl2O2. The molecule has 0 aliphatic rings. The summed E-state index contributed by atoms with van der Waals surface area (Å²) in [7, 11) is 0. The van der Waals surface area contributed by atoms with E-state index in [0.29, 0.717) is 33.0 Å². The van der Waals surface area contributed by atoms with Crippen LogP contribution in [0, 0.1) is 0 Å². The molecule has 2 aromatic rings. The zero-order valence-electron chi connectivity index (χ0n) is 10.3. The number of carbonyl (C=O) groups excluding carboxylic acids is 2. The number of hydrogen-bond acceptors (Lipinski definition) is 2. The van der Waals surface area contributed by atoms with Crippen molar-refractivity contribution in [1.82, 2.24) is 0 Å². The summed E-state index contributed by atoms with van der Waals surface area (Å²) in [6.07, 6.45) is 3.65. The number of aldehydes is 1. The molecule has 0 spiro atoms. The molecule has 20 heavy (non-hydrogen) atoms. The summed E-state index contributed by atoms with van der Waals surface area (Å²) in [5, 5.41) is 0.995. The monoisotopic (exact) mass is 304 g/mol. The standard InChI is InChI=1S/C16H10Cl2O2/c17-13-7-5-11(15(18)9-13)6-8-16(20)14-4-2-1-3-12(14)10-19/h1-10H. The largest absolute Gasteiger partial charge is 0.298 e. The van der Waals surface area contributed by atoms with E-state index in [-0.39, 0.29) is 5.78 Å². The normalized spacial score (nSPS) is 10.7. The quantitative estimate of drug-likeness (QED) is 0.466. The maximum Gasteiger partial charge on any atom is 0.186 e. The van der Waals surface area contributed by atoms with E-state index in [4.69, 9.17) is 23.2 Å². The van der Waals surface area contributed by atoms with Crippen molar-refractivity contribution in [3.63, 3.8) is 0 Å². The molecular weight excluding hydrogens is 295 g/mol. The van der Waals surface area contributed by atoms with Crippen LogP contribution < -0.4 is 0 Å². The van der Waals surface area contributed by atoms with Gasteiger partial charge < -0.3 is 0 Å². The molecule has 2 rings (SSSR count). The minimum atomic E-state index is -0.251. The predicted octanol–water partition coefficient (Wildman–Crippen LogP) is 4.70. The molecule has 0 aliphatic carbocycles. The molecule has 2 nitrogen and oxygen atoms in total. The van der Waals surface area contributed by atoms with Crippen LogP contribution in [0.1, 0.15) is 26.3 Å². The van der Waals surface area contributed by atoms with Crippen molar-refractivity contribution in [1.29, 1.82) is 0 Å². The van der Waals surface area contributed by atoms with Crippen molar-refractivity contribution in [2.45, 2.75) is 0 Å². The summed E-state index contributed by atoms with van der Waals surface area (Å²) >= 11 is 11.8. The fourth-order valence-electron chi connectivity index (χ4n) is 1.72. The highest BCUT2D eigenvalue weighted by atomic mass is 35.5. The lowest BCUT2D eigenvalue weighted by Crippen LogP contribution is -1.99. The van der Waals surface area contributed by atoms with E-state index in [1.165, 1.54) is 6.08 Å². The average Bonchev–Trinajstić information content (AvgIpc) is 2.46. The topological polar surface area (TPSA) is 34.1 Å². The molecule has 0 aliphatic heterocycles. The maximum atomic E-state index is 12.1. The van der Waals surface area contributed by atoms with E-state index >= 15 is 0 Å². The first-order valence-electron chi connectivity index (χ1n) is 5.83. The summed E-state index contributed by atoms with van der Waals surface area (Å²) in [6, 6.07) is 11.6. The van der Waals surface area contributed by atoms with Crippen molar-refractivity contribution in [3.8, 4) is 0 Å². The van der Waals surface area contributed by atoms with Crippen LogP contribution in [0.15, 0.2) is 48.5 Å². The molecule has 0 heterocycles. The lowest BCUT2D eigenvalue weighted by molar-refractivity contribution is 0.103. The molecule has 0 bridgehead atoms. The fraction of sp³-hybridized carbons (Fsp3) is 0. The smallest absolute Gasteiger partial charge is 0.186 e. The van der Waals surface area contributed by atoms with E-state index in [2.05, 4.69) is 0 Å². The summed E-state index contributed by atoms with van der Waals surface area (Å²) in [5.74, 6) is -0.251. The van der Waals surface area contributed by atoms with Gasteiger partial charge >= 0.3 is 0 Å². The Morgan fingerprint density at radius 2 is 1.75 bits per heavy atom. The van der Waals surface area contributed by atoms with E-state index in [9.17, 15) is 9.59 Å². The Bertz CT molecular complexity index is 691. The molecule has 4 heteroatoms. The Morgan fingerprint density at radius 3 is 2.45 bits per heavy atom. The molecule has 0 fully saturated rings. The van der Waals surface area contributed by atoms with Crippen molar-refractivity contribution >= 4 is 41.3 Å². The molecule has 0 N–H and O–H groups in total. The molecule has 0 unspecified atom stereocenters. The van der Waals surface area contributed by atoms with Gasteiger partial charge in [-0.2, -0.15) is 0 Å². The van der Waals surface area contributed by atoms with Gasteiger partial charge in [-0.05, 0) is 29.8 Å². The van der Waals surface area contributed by atoms with Crippen LogP contribution in [0.2, 0.25) is 10.0 Å². The minimum absolute atomic E-state index is 0.251. The highest BCUT2D eigenvalue weighted by Gasteiger charge is 2.07. The van der Waals surface area contributed by atoms with E-state index < -0.39 is 0 Å². The van der Waals surface area contributed by atoms with Crippen molar-refractivity contribution in [3.05, 3.63) is 75.3 Å². The summed E-state index contributed by atoms with van der Waals surface area (Å²) in [4.78, 5) is 22.9. The number of halogens is 2. The highest BCUT2D eigenvalue weighted by molar-refractivity contribution is 6.35. The first-order chi connectivity index (χ1) is 9.61. The maximum absolute atomic E-state index is 12.1. The second-order valence-electron chi connectivity index (χ2n) is 4.07. The number of benzene rings is 2. The Morgan fingerprint density at radius 1 is 1.00 bits per heavy atom. The Labute approximate surface area is 126 Å². The third-order valence-electron chi connectivity index (χ3n) is 2.73. The Kier molecular flexibility index (Phi) is 4.72. The van der Waals surface area contributed by atoms with Gasteiger partial charge in [0.1, 0.15) is 0 Å². The first-order valence-corrected chi connectivity index (χ1v) is 6.59. The summed E-state index contributed by atoms with van der Waals surface area (Å²) < 4.78 is 0. The van der Waals surface area contributed by atoms with Crippen LogP contribution in [-0.2, 0) is 0 Å². The molecule has 2 aromatic carbocycles. The zero-order chi connectivity index (χ0) is 14.5. The number of rotatable bonds is 4. The molecule has 0 aromatic heterocycles. The van der Waals surface area contributed by atoms with Crippen LogP contribution >= 0.6 is 23.2 Å². The Hall–Kier alpha value is -1.90. The van der Waals surface area contributed by atoms with Crippen LogP contribution in [0.5, 0.6) is 0 Å². The van der Waals surface area contributed by atoms with Gasteiger partial charge in [0.15, 0.2) is 12.1 Å². The third kappa shape index (κ3) is 3.35. The number of allylic oxidation sites excluding steroid dienone is 1. The van der Waals surface area contributed by atoms with Gasteiger partial charge in [-0.3, -0.25) is 9.59 Å². The van der Waals surface area contributed by atoms with Crippen molar-refractivity contribution in [2.75, 3.05) is 0 Å². The zero-order valence-corrected chi connectivity index (χ0v) is 11.9. The van der Waals surface area contributed by atoms with Gasteiger partial charge in [0.25, 0.3) is 0 Å². The SMILES string of the molecule is O=Cc1ccccc1C(=O)C=Cc1ccc(Cl)cc1Cl. The van der Waals surface area contributed by atoms with Gasteiger partial charge in [0.2, 0.25) is 0 Å². The fourth-order valence-corrected chi connectivity index (χ4v) is 2.19. The molecule has 0 saturated carbocycles. The van der Waals surface area contributed by atoms with Gasteiger partial charge in [0, 0.05) is 21.2 Å². The lowest BCUT2D eigenvalue weighted by Gasteiger charge is -2.01. The average molecular weight is 305 g/mol. The van der Waals surface area contributed by atoms with Crippen LogP contribution in [0.4, 0.5) is 0 Å². The van der Waals surface area contributed by atoms with E-state index in [1.807, 2.05) is 0 Å². The van der Waals surface area contributed by atoms with Crippen LogP contribution in [-0.4, -0.2) is 12.1 Å². The third-order valence-corrected chi connectivity index (χ3v) is 3.29.